The van der Waals surface area contributed by atoms with E-state index in [9.17, 15) is 14.4 Å². The van der Waals surface area contributed by atoms with Crippen LogP contribution in [0, 0.1) is 5.92 Å². The maximum absolute atomic E-state index is 12.5. The average Bonchev–Trinajstić information content (AvgIpc) is 3.18. The van der Waals surface area contributed by atoms with Crippen LogP contribution < -0.4 is 10.2 Å². The molecule has 1 atom stereocenters. The van der Waals surface area contributed by atoms with E-state index in [4.69, 9.17) is 4.74 Å². The van der Waals surface area contributed by atoms with Crippen molar-refractivity contribution in [3.8, 4) is 0 Å². The summed E-state index contributed by atoms with van der Waals surface area (Å²) in [5, 5.41) is 4.83. The molecule has 0 saturated carbocycles. The Morgan fingerprint density at radius 2 is 1.77 bits per heavy atom. The fourth-order valence-corrected chi connectivity index (χ4v) is 3.89. The average molecular weight is 416 g/mol. The second-order valence-corrected chi connectivity index (χ2v) is 7.61. The monoisotopic (exact) mass is 416 g/mol. The minimum Gasteiger partial charge on any atom is -0.455 e. The molecule has 1 fully saturated rings. The zero-order valence-corrected chi connectivity index (χ0v) is 17.3. The number of carbonyl (C=O) groups excluding carboxylic acids is 3. The number of hydrogen-bond donors (Lipinski definition) is 1. The zero-order valence-electron chi connectivity index (χ0n) is 17.3. The van der Waals surface area contributed by atoms with Gasteiger partial charge in [0.2, 0.25) is 5.91 Å². The minimum atomic E-state index is -0.578. The van der Waals surface area contributed by atoms with Crippen molar-refractivity contribution in [1.29, 1.82) is 0 Å². The molecule has 0 spiro atoms. The summed E-state index contributed by atoms with van der Waals surface area (Å²) in [5.41, 5.74) is 2.53. The highest BCUT2D eigenvalue weighted by Gasteiger charge is 2.37. The van der Waals surface area contributed by atoms with Gasteiger partial charge >= 0.3 is 5.97 Å². The quantitative estimate of drug-likeness (QED) is 0.618. The Morgan fingerprint density at radius 3 is 2.58 bits per heavy atom. The third kappa shape index (κ3) is 4.58. The van der Waals surface area contributed by atoms with Crippen LogP contribution in [0.1, 0.15) is 18.9 Å². The Balaban J connectivity index is 1.33. The molecule has 1 aliphatic rings. The first kappa shape index (κ1) is 20.6. The van der Waals surface area contributed by atoms with E-state index >= 15 is 0 Å². The SMILES string of the molecule is CCc1ccccc1N1C[C@H](C(=O)OCC(=O)Nc2ccc3ccccc3c2)CC1=O. The van der Waals surface area contributed by atoms with Gasteiger partial charge in [-0.3, -0.25) is 14.4 Å². The molecule has 0 aliphatic carbocycles. The first-order valence-electron chi connectivity index (χ1n) is 10.4. The number of para-hydroxylation sites is 1. The topological polar surface area (TPSA) is 75.7 Å². The highest BCUT2D eigenvalue weighted by molar-refractivity contribution is 6.00. The number of fused-ring (bicyclic) bond motifs is 1. The number of benzene rings is 3. The standard InChI is InChI=1S/C25H24N2O4/c1-2-17-7-5-6-10-22(17)27-15-20(14-24(27)29)25(30)31-16-23(28)26-21-12-11-18-8-3-4-9-19(18)13-21/h3-13,20H,2,14-16H2,1H3,(H,26,28)/t20-/m1/s1. The van der Waals surface area contributed by atoms with Gasteiger partial charge in [-0.15, -0.1) is 0 Å². The first-order valence-corrected chi connectivity index (χ1v) is 10.4. The molecule has 31 heavy (non-hydrogen) atoms. The third-order valence-electron chi connectivity index (χ3n) is 5.50. The molecule has 0 bridgehead atoms. The summed E-state index contributed by atoms with van der Waals surface area (Å²) in [4.78, 5) is 38.8. The minimum absolute atomic E-state index is 0.0865. The van der Waals surface area contributed by atoms with E-state index in [1.165, 1.54) is 0 Å². The molecule has 1 N–H and O–H groups in total. The number of nitrogens with zero attached hydrogens (tertiary/aromatic N) is 1. The maximum Gasteiger partial charge on any atom is 0.311 e. The van der Waals surface area contributed by atoms with Crippen LogP contribution in [-0.4, -0.2) is 30.9 Å². The molecule has 0 radical (unpaired) electrons. The number of anilines is 2. The number of hydrogen-bond acceptors (Lipinski definition) is 4. The lowest BCUT2D eigenvalue weighted by Gasteiger charge is -2.19. The van der Waals surface area contributed by atoms with E-state index in [0.29, 0.717) is 5.69 Å². The van der Waals surface area contributed by atoms with Crippen molar-refractivity contribution in [2.45, 2.75) is 19.8 Å². The summed E-state index contributed by atoms with van der Waals surface area (Å²) in [6.45, 7) is 1.90. The van der Waals surface area contributed by atoms with Crippen LogP contribution in [0.4, 0.5) is 11.4 Å². The summed E-state index contributed by atoms with van der Waals surface area (Å²) >= 11 is 0. The predicted octanol–water partition coefficient (Wildman–Crippen LogP) is 3.94. The zero-order chi connectivity index (χ0) is 21.8. The largest absolute Gasteiger partial charge is 0.455 e. The third-order valence-corrected chi connectivity index (χ3v) is 5.50. The van der Waals surface area contributed by atoms with Crippen LogP contribution in [0.25, 0.3) is 10.8 Å². The van der Waals surface area contributed by atoms with Crippen molar-refractivity contribution < 1.29 is 19.1 Å². The molecule has 0 aromatic heterocycles. The highest BCUT2D eigenvalue weighted by atomic mass is 16.5. The van der Waals surface area contributed by atoms with E-state index in [0.717, 1.165) is 28.4 Å². The van der Waals surface area contributed by atoms with Gasteiger partial charge in [0.1, 0.15) is 0 Å². The number of nitrogens with one attached hydrogen (secondary N) is 1. The molecule has 3 aromatic carbocycles. The van der Waals surface area contributed by atoms with Crippen LogP contribution in [0.15, 0.2) is 66.7 Å². The second kappa shape index (κ2) is 9.00. The highest BCUT2D eigenvalue weighted by Crippen LogP contribution is 2.29. The molecule has 3 aromatic rings. The molecule has 1 aliphatic heterocycles. The number of aryl methyl sites for hydroxylation is 1. The predicted molar refractivity (Wildman–Crippen MR) is 120 cm³/mol. The van der Waals surface area contributed by atoms with Crippen LogP contribution in [0.2, 0.25) is 0 Å². The summed E-state index contributed by atoms with van der Waals surface area (Å²) in [6.07, 6.45) is 0.882. The van der Waals surface area contributed by atoms with E-state index in [-0.39, 0.29) is 25.5 Å². The van der Waals surface area contributed by atoms with Crippen molar-refractivity contribution in [3.05, 3.63) is 72.3 Å². The molecule has 4 rings (SSSR count). The number of carbonyl (C=O) groups is 3. The lowest BCUT2D eigenvalue weighted by atomic mass is 10.1. The molecule has 158 valence electrons. The van der Waals surface area contributed by atoms with Gasteiger partial charge in [-0.05, 0) is 41.0 Å². The maximum atomic E-state index is 12.5. The number of rotatable bonds is 6. The van der Waals surface area contributed by atoms with Gasteiger partial charge in [-0.1, -0.05) is 55.5 Å². The lowest BCUT2D eigenvalue weighted by molar-refractivity contribution is -0.151. The molecule has 0 unspecified atom stereocenters. The molecule has 1 saturated heterocycles. The van der Waals surface area contributed by atoms with Gasteiger partial charge in [-0.2, -0.15) is 0 Å². The fourth-order valence-electron chi connectivity index (χ4n) is 3.89. The van der Waals surface area contributed by atoms with Crippen LogP contribution in [0.5, 0.6) is 0 Å². The smallest absolute Gasteiger partial charge is 0.311 e. The number of ether oxygens (including phenoxy) is 1. The second-order valence-electron chi connectivity index (χ2n) is 7.61. The Labute approximate surface area is 180 Å². The van der Waals surface area contributed by atoms with Crippen molar-refractivity contribution in [2.75, 3.05) is 23.4 Å². The Bertz CT molecular complexity index is 1140. The van der Waals surface area contributed by atoms with Crippen molar-refractivity contribution in [3.63, 3.8) is 0 Å². The Morgan fingerprint density at radius 1 is 1.03 bits per heavy atom. The van der Waals surface area contributed by atoms with Crippen molar-refractivity contribution >= 4 is 39.9 Å². The molecule has 6 heteroatoms. The van der Waals surface area contributed by atoms with Crippen molar-refractivity contribution in [2.24, 2.45) is 5.92 Å². The molecule has 2 amide bonds. The van der Waals surface area contributed by atoms with Crippen LogP contribution in [-0.2, 0) is 25.5 Å². The molecular weight excluding hydrogens is 392 g/mol. The summed E-state index contributed by atoms with van der Waals surface area (Å²) in [6, 6.07) is 21.1. The van der Waals surface area contributed by atoms with Crippen LogP contribution in [0.3, 0.4) is 0 Å². The fraction of sp³-hybridized carbons (Fsp3) is 0.240. The summed E-state index contributed by atoms with van der Waals surface area (Å²) in [7, 11) is 0. The molecule has 6 nitrogen and oxygen atoms in total. The van der Waals surface area contributed by atoms with Gasteiger partial charge in [0.15, 0.2) is 6.61 Å². The van der Waals surface area contributed by atoms with Gasteiger partial charge in [-0.25, -0.2) is 0 Å². The van der Waals surface area contributed by atoms with Gasteiger partial charge in [0, 0.05) is 24.3 Å². The number of esters is 1. The van der Waals surface area contributed by atoms with Crippen LogP contribution >= 0.6 is 0 Å². The van der Waals surface area contributed by atoms with Crippen molar-refractivity contribution in [1.82, 2.24) is 0 Å². The summed E-state index contributed by atoms with van der Waals surface area (Å²) in [5.74, 6) is -1.63. The Hall–Kier alpha value is -3.67. The van der Waals surface area contributed by atoms with E-state index in [2.05, 4.69) is 5.32 Å². The van der Waals surface area contributed by atoms with E-state index in [1.807, 2.05) is 67.6 Å². The van der Waals surface area contributed by atoms with Gasteiger partial charge < -0.3 is 15.0 Å². The number of amides is 2. The summed E-state index contributed by atoms with van der Waals surface area (Å²) < 4.78 is 5.21. The Kier molecular flexibility index (Phi) is 5.98. The van der Waals surface area contributed by atoms with E-state index in [1.54, 1.807) is 11.0 Å². The molecule has 1 heterocycles. The van der Waals surface area contributed by atoms with E-state index < -0.39 is 17.8 Å². The normalized spacial score (nSPS) is 15.8. The lowest BCUT2D eigenvalue weighted by Crippen LogP contribution is -2.28. The van der Waals surface area contributed by atoms with Gasteiger partial charge in [0.25, 0.3) is 5.91 Å². The molecular formula is C25H24N2O4. The first-order chi connectivity index (χ1) is 15.0. The van der Waals surface area contributed by atoms with Gasteiger partial charge in [0.05, 0.1) is 5.92 Å².